The van der Waals surface area contributed by atoms with Gasteiger partial charge in [-0.25, -0.2) is 0 Å². The fraction of sp³-hybridized carbons (Fsp3) is 0.900. The van der Waals surface area contributed by atoms with Crippen molar-refractivity contribution in [1.29, 1.82) is 0 Å². The number of hydrogen-bond acceptors (Lipinski definition) is 2. The molecular weight excluding hydrogens is 164 g/mol. The lowest BCUT2D eigenvalue weighted by Gasteiger charge is -2.32. The topological polar surface area (TPSA) is 55.1 Å². The Morgan fingerprint density at radius 3 is 2.08 bits per heavy atom. The molecule has 0 fully saturated rings. The minimum absolute atomic E-state index is 0.212. The number of amides is 1. The zero-order valence-electron chi connectivity index (χ0n) is 9.35. The first kappa shape index (κ1) is 12.4. The predicted octanol–water partition coefficient (Wildman–Crippen LogP) is 1.13. The molecule has 0 radical (unpaired) electrons. The molecule has 0 spiro atoms. The molecule has 0 saturated carbocycles. The van der Waals surface area contributed by atoms with Gasteiger partial charge in [-0.15, -0.1) is 0 Å². The normalized spacial score (nSPS) is 16.2. The summed E-state index contributed by atoms with van der Waals surface area (Å²) in [6.45, 7) is 10.9. The van der Waals surface area contributed by atoms with Crippen molar-refractivity contribution in [2.75, 3.05) is 6.54 Å². The number of primary amides is 1. The van der Waals surface area contributed by atoms with Crippen LogP contribution in [0.4, 0.5) is 0 Å². The van der Waals surface area contributed by atoms with E-state index in [1.807, 2.05) is 20.8 Å². The van der Waals surface area contributed by atoms with Crippen molar-refractivity contribution in [3.63, 3.8) is 0 Å². The molecule has 0 aromatic rings. The Morgan fingerprint density at radius 2 is 1.85 bits per heavy atom. The minimum atomic E-state index is -0.579. The molecule has 1 atom stereocenters. The molecule has 0 heterocycles. The van der Waals surface area contributed by atoms with Gasteiger partial charge in [-0.2, -0.15) is 0 Å². The van der Waals surface area contributed by atoms with Crippen LogP contribution in [0.1, 0.15) is 34.6 Å². The molecule has 0 saturated heterocycles. The summed E-state index contributed by atoms with van der Waals surface area (Å²) in [6, 6.07) is 0. The van der Waals surface area contributed by atoms with E-state index in [-0.39, 0.29) is 11.8 Å². The van der Waals surface area contributed by atoms with Gasteiger partial charge in [-0.3, -0.25) is 4.79 Å². The van der Waals surface area contributed by atoms with E-state index in [4.69, 9.17) is 5.73 Å². The third-order valence-corrected chi connectivity index (χ3v) is 2.54. The van der Waals surface area contributed by atoms with Crippen LogP contribution in [-0.2, 0) is 4.79 Å². The quantitative estimate of drug-likeness (QED) is 0.676. The van der Waals surface area contributed by atoms with Gasteiger partial charge in [0.1, 0.15) is 0 Å². The Morgan fingerprint density at radius 1 is 1.38 bits per heavy atom. The summed E-state index contributed by atoms with van der Waals surface area (Å²) in [5, 5.41) is 3.22. The molecule has 1 unspecified atom stereocenters. The van der Waals surface area contributed by atoms with Gasteiger partial charge in [0.2, 0.25) is 5.91 Å². The molecule has 0 aliphatic carbocycles. The van der Waals surface area contributed by atoms with Crippen molar-refractivity contribution >= 4 is 5.91 Å². The average molecular weight is 186 g/mol. The van der Waals surface area contributed by atoms with Crippen molar-refractivity contribution in [2.45, 2.75) is 40.2 Å². The van der Waals surface area contributed by atoms with E-state index in [2.05, 4.69) is 19.2 Å². The van der Waals surface area contributed by atoms with E-state index >= 15 is 0 Å². The van der Waals surface area contributed by atoms with Gasteiger partial charge in [-0.05, 0) is 25.3 Å². The summed E-state index contributed by atoms with van der Waals surface area (Å²) in [4.78, 5) is 11.2. The van der Waals surface area contributed by atoms with Crippen LogP contribution in [0.5, 0.6) is 0 Å². The highest BCUT2D eigenvalue weighted by molar-refractivity contribution is 5.84. The number of nitrogens with two attached hydrogens (primary N) is 1. The molecule has 3 nitrogen and oxygen atoms in total. The monoisotopic (exact) mass is 186 g/mol. The molecule has 3 N–H and O–H groups in total. The van der Waals surface area contributed by atoms with Crippen LogP contribution >= 0.6 is 0 Å². The molecule has 78 valence electrons. The first-order valence-electron chi connectivity index (χ1n) is 4.85. The molecular formula is C10H22N2O. The second kappa shape index (κ2) is 4.61. The third kappa shape index (κ3) is 3.35. The third-order valence-electron chi connectivity index (χ3n) is 2.54. The largest absolute Gasteiger partial charge is 0.368 e. The molecule has 0 aliphatic rings. The van der Waals surface area contributed by atoms with Crippen molar-refractivity contribution in [2.24, 2.45) is 17.6 Å². The number of carbonyl (C=O) groups is 1. The fourth-order valence-corrected chi connectivity index (χ4v) is 0.992. The highest BCUT2D eigenvalue weighted by Crippen LogP contribution is 2.15. The van der Waals surface area contributed by atoms with Crippen molar-refractivity contribution in [1.82, 2.24) is 5.32 Å². The van der Waals surface area contributed by atoms with Crippen molar-refractivity contribution < 1.29 is 4.79 Å². The van der Waals surface area contributed by atoms with Crippen LogP contribution in [0.15, 0.2) is 0 Å². The highest BCUT2D eigenvalue weighted by Gasteiger charge is 2.33. The molecule has 0 aliphatic heterocycles. The maximum atomic E-state index is 11.2. The van der Waals surface area contributed by atoms with Gasteiger partial charge < -0.3 is 11.1 Å². The first-order valence-corrected chi connectivity index (χ1v) is 4.85. The number of nitrogens with one attached hydrogen (secondary N) is 1. The summed E-state index contributed by atoms with van der Waals surface area (Å²) < 4.78 is 0. The van der Waals surface area contributed by atoms with Crippen LogP contribution in [0.25, 0.3) is 0 Å². The lowest BCUT2D eigenvalue weighted by atomic mass is 9.87. The van der Waals surface area contributed by atoms with E-state index in [0.717, 1.165) is 6.54 Å². The zero-order chi connectivity index (χ0) is 10.6. The van der Waals surface area contributed by atoms with Crippen molar-refractivity contribution in [3.05, 3.63) is 0 Å². The second-order valence-electron chi connectivity index (χ2n) is 4.50. The molecule has 0 bridgehead atoms. The zero-order valence-corrected chi connectivity index (χ0v) is 9.35. The summed E-state index contributed by atoms with van der Waals surface area (Å²) in [7, 11) is 0. The summed E-state index contributed by atoms with van der Waals surface area (Å²) in [6.07, 6.45) is 0. The molecule has 0 aromatic carbocycles. The molecule has 13 heavy (non-hydrogen) atoms. The van der Waals surface area contributed by atoms with Crippen LogP contribution in [0.2, 0.25) is 0 Å². The van der Waals surface area contributed by atoms with E-state index in [1.54, 1.807) is 0 Å². The Bertz CT molecular complexity index is 178. The van der Waals surface area contributed by atoms with E-state index in [9.17, 15) is 4.79 Å². The van der Waals surface area contributed by atoms with E-state index in [1.165, 1.54) is 0 Å². The minimum Gasteiger partial charge on any atom is -0.368 e. The molecule has 1 amide bonds. The standard InChI is InChI=1S/C10H22N2O/c1-7(2)6-12-10(5,8(3)4)9(11)13/h7-8,12H,6H2,1-5H3,(H2,11,13). The van der Waals surface area contributed by atoms with Crippen LogP contribution in [-0.4, -0.2) is 18.0 Å². The lowest BCUT2D eigenvalue weighted by molar-refractivity contribution is -0.125. The van der Waals surface area contributed by atoms with Crippen LogP contribution in [0.3, 0.4) is 0 Å². The maximum absolute atomic E-state index is 11.2. The first-order chi connectivity index (χ1) is 5.80. The molecule has 3 heteroatoms. The Balaban J connectivity index is 4.34. The summed E-state index contributed by atoms with van der Waals surface area (Å²) >= 11 is 0. The number of carbonyl (C=O) groups excluding carboxylic acids is 1. The summed E-state index contributed by atoms with van der Waals surface area (Å²) in [5.41, 5.74) is 4.78. The van der Waals surface area contributed by atoms with Crippen LogP contribution < -0.4 is 11.1 Å². The lowest BCUT2D eigenvalue weighted by Crippen LogP contribution is -2.57. The van der Waals surface area contributed by atoms with Gasteiger partial charge in [-0.1, -0.05) is 27.7 Å². The number of hydrogen-bond donors (Lipinski definition) is 2. The molecule has 0 rings (SSSR count). The summed E-state index contributed by atoms with van der Waals surface area (Å²) in [5.74, 6) is 0.462. The number of rotatable bonds is 5. The maximum Gasteiger partial charge on any atom is 0.237 e. The van der Waals surface area contributed by atoms with E-state index in [0.29, 0.717) is 5.92 Å². The van der Waals surface area contributed by atoms with E-state index < -0.39 is 5.54 Å². The van der Waals surface area contributed by atoms with Gasteiger partial charge in [0.15, 0.2) is 0 Å². The Hall–Kier alpha value is -0.570. The highest BCUT2D eigenvalue weighted by atomic mass is 16.1. The van der Waals surface area contributed by atoms with Gasteiger partial charge in [0, 0.05) is 0 Å². The predicted molar refractivity (Wildman–Crippen MR) is 55.3 cm³/mol. The van der Waals surface area contributed by atoms with Crippen LogP contribution in [0, 0.1) is 11.8 Å². The van der Waals surface area contributed by atoms with Gasteiger partial charge in [0.25, 0.3) is 0 Å². The fourth-order valence-electron chi connectivity index (χ4n) is 0.992. The van der Waals surface area contributed by atoms with Gasteiger partial charge in [0.05, 0.1) is 5.54 Å². The second-order valence-corrected chi connectivity index (χ2v) is 4.50. The smallest absolute Gasteiger partial charge is 0.237 e. The van der Waals surface area contributed by atoms with Gasteiger partial charge >= 0.3 is 0 Å². The Kier molecular flexibility index (Phi) is 4.40. The van der Waals surface area contributed by atoms with Crippen molar-refractivity contribution in [3.8, 4) is 0 Å². The molecule has 0 aromatic heterocycles. The Labute approximate surface area is 81.1 Å². The SMILES string of the molecule is CC(C)CNC(C)(C(N)=O)C(C)C. The average Bonchev–Trinajstić information content (AvgIpc) is 1.99.